The van der Waals surface area contributed by atoms with Crippen molar-refractivity contribution in [2.24, 2.45) is 0 Å². The van der Waals surface area contributed by atoms with Crippen molar-refractivity contribution in [1.29, 1.82) is 0 Å². The highest BCUT2D eigenvalue weighted by Crippen LogP contribution is 2.33. The Morgan fingerprint density at radius 3 is 2.67 bits per heavy atom. The van der Waals surface area contributed by atoms with Crippen LogP contribution in [0.15, 0.2) is 18.2 Å². The Morgan fingerprint density at radius 2 is 2.13 bits per heavy atom. The van der Waals surface area contributed by atoms with Crippen molar-refractivity contribution < 1.29 is 4.79 Å². The third-order valence-electron chi connectivity index (χ3n) is 2.91. The van der Waals surface area contributed by atoms with Crippen LogP contribution in [0.25, 0.3) is 0 Å². The van der Waals surface area contributed by atoms with Crippen LogP contribution in [0.2, 0.25) is 0 Å². The fourth-order valence-electron chi connectivity index (χ4n) is 2.07. The number of hydrogen-bond donors (Lipinski definition) is 0. The van der Waals surface area contributed by atoms with E-state index in [0.717, 1.165) is 17.9 Å². The summed E-state index contributed by atoms with van der Waals surface area (Å²) in [7, 11) is 0. The number of aryl methyl sites for hydroxylation is 1. The van der Waals surface area contributed by atoms with Crippen molar-refractivity contribution in [3.8, 4) is 0 Å². The second kappa shape index (κ2) is 3.33. The fraction of sp³-hybridized carbons (Fsp3) is 0.500. The predicted molar refractivity (Wildman–Crippen MR) is 59.8 cm³/mol. The molecule has 2 rings (SSSR count). The largest absolute Gasteiger partial charge is 0.291 e. The molecule has 0 unspecified atom stereocenters. The summed E-state index contributed by atoms with van der Waals surface area (Å²) in [6.45, 7) is 6.11. The predicted octanol–water partition coefficient (Wildman–Crippen LogP) is 2.30. The molecule has 0 N–H and O–H groups in total. The lowest BCUT2D eigenvalue weighted by molar-refractivity contribution is -0.117. The number of rotatable bonds is 1. The van der Waals surface area contributed by atoms with Gasteiger partial charge in [0.2, 0.25) is 5.91 Å². The number of carbonyl (C=O) groups is 1. The van der Waals surface area contributed by atoms with Gasteiger partial charge in [-0.3, -0.25) is 9.69 Å². The van der Waals surface area contributed by atoms with Crippen LogP contribution in [0, 0.1) is 6.92 Å². The van der Waals surface area contributed by atoms with E-state index in [0.29, 0.717) is 6.42 Å². The lowest BCUT2D eigenvalue weighted by Crippen LogP contribution is -2.41. The molecule has 1 fully saturated rings. The number of anilines is 1. The van der Waals surface area contributed by atoms with Gasteiger partial charge in [0.05, 0.1) is 0 Å². The number of hydrogen-bond acceptors (Lipinski definition) is 2. The Bertz CT molecular complexity index is 398. The minimum absolute atomic E-state index is 0.0993. The van der Waals surface area contributed by atoms with E-state index in [4.69, 9.17) is 0 Å². The number of pyridine rings is 1. The van der Waals surface area contributed by atoms with Crippen LogP contribution in [-0.4, -0.2) is 16.4 Å². The molecular weight excluding hydrogens is 188 g/mol. The average Bonchev–Trinajstić information content (AvgIpc) is 2.40. The molecule has 1 aliphatic heterocycles. The number of amides is 1. The van der Waals surface area contributed by atoms with Crippen LogP contribution < -0.4 is 4.90 Å². The van der Waals surface area contributed by atoms with Crippen molar-refractivity contribution in [2.75, 3.05) is 4.90 Å². The van der Waals surface area contributed by atoms with Gasteiger partial charge in [-0.25, -0.2) is 4.98 Å². The van der Waals surface area contributed by atoms with Gasteiger partial charge in [0, 0.05) is 17.7 Å². The van der Waals surface area contributed by atoms with E-state index in [9.17, 15) is 4.79 Å². The number of carbonyl (C=O) groups excluding carboxylic acids is 1. The lowest BCUT2D eigenvalue weighted by atomic mass is 10.0. The summed E-state index contributed by atoms with van der Waals surface area (Å²) in [6.07, 6.45) is 1.53. The first-order valence-electron chi connectivity index (χ1n) is 5.27. The highest BCUT2D eigenvalue weighted by Gasteiger charge is 2.39. The topological polar surface area (TPSA) is 33.2 Å². The van der Waals surface area contributed by atoms with Crippen molar-refractivity contribution in [3.05, 3.63) is 23.9 Å². The highest BCUT2D eigenvalue weighted by molar-refractivity contribution is 5.96. The van der Waals surface area contributed by atoms with Gasteiger partial charge in [0.1, 0.15) is 5.82 Å². The molecule has 3 heteroatoms. The minimum atomic E-state index is -0.0993. The summed E-state index contributed by atoms with van der Waals surface area (Å²) in [6, 6.07) is 5.79. The lowest BCUT2D eigenvalue weighted by Gasteiger charge is -2.30. The molecule has 1 amide bonds. The summed E-state index contributed by atoms with van der Waals surface area (Å²) in [5.41, 5.74) is 0.848. The van der Waals surface area contributed by atoms with Crippen LogP contribution in [0.4, 0.5) is 5.82 Å². The molecule has 1 aromatic rings. The van der Waals surface area contributed by atoms with E-state index in [1.165, 1.54) is 0 Å². The molecule has 1 saturated heterocycles. The van der Waals surface area contributed by atoms with Gasteiger partial charge in [0.25, 0.3) is 0 Å². The second-order valence-corrected chi connectivity index (χ2v) is 4.68. The molecule has 3 nitrogen and oxygen atoms in total. The van der Waals surface area contributed by atoms with E-state index in [2.05, 4.69) is 18.8 Å². The fourth-order valence-corrected chi connectivity index (χ4v) is 2.07. The molecule has 0 aromatic carbocycles. The van der Waals surface area contributed by atoms with E-state index in [1.807, 2.05) is 30.0 Å². The van der Waals surface area contributed by atoms with E-state index >= 15 is 0 Å². The van der Waals surface area contributed by atoms with Gasteiger partial charge in [-0.15, -0.1) is 0 Å². The summed E-state index contributed by atoms with van der Waals surface area (Å²) in [5.74, 6) is 0.959. The third-order valence-corrected chi connectivity index (χ3v) is 2.91. The maximum atomic E-state index is 11.8. The minimum Gasteiger partial charge on any atom is -0.291 e. The van der Waals surface area contributed by atoms with Crippen LogP contribution in [0.3, 0.4) is 0 Å². The maximum Gasteiger partial charge on any atom is 0.228 e. The third kappa shape index (κ3) is 1.74. The molecule has 0 radical (unpaired) electrons. The van der Waals surface area contributed by atoms with Gasteiger partial charge < -0.3 is 0 Å². The van der Waals surface area contributed by atoms with Crippen LogP contribution in [-0.2, 0) is 4.79 Å². The standard InChI is InChI=1S/C12H16N2O/c1-9-5-4-6-10(13-9)14-11(15)7-8-12(14,2)3/h4-6H,7-8H2,1-3H3. The summed E-state index contributed by atoms with van der Waals surface area (Å²) >= 11 is 0. The Kier molecular flexibility index (Phi) is 2.25. The first-order chi connectivity index (χ1) is 7.00. The number of aromatic nitrogens is 1. The van der Waals surface area contributed by atoms with Crippen molar-refractivity contribution in [2.45, 2.75) is 39.2 Å². The Balaban J connectivity index is 2.41. The van der Waals surface area contributed by atoms with Gasteiger partial charge in [0.15, 0.2) is 0 Å². The molecule has 0 saturated carbocycles. The average molecular weight is 204 g/mol. The normalized spacial score (nSPS) is 19.7. The van der Waals surface area contributed by atoms with E-state index in [-0.39, 0.29) is 11.4 Å². The molecule has 15 heavy (non-hydrogen) atoms. The quantitative estimate of drug-likeness (QED) is 0.703. The number of nitrogens with zero attached hydrogens (tertiary/aromatic N) is 2. The monoisotopic (exact) mass is 204 g/mol. The van der Waals surface area contributed by atoms with Crippen LogP contribution in [0.5, 0.6) is 0 Å². The molecule has 1 aromatic heterocycles. The first-order valence-corrected chi connectivity index (χ1v) is 5.27. The second-order valence-electron chi connectivity index (χ2n) is 4.68. The molecule has 1 aliphatic rings. The van der Waals surface area contributed by atoms with Crippen LogP contribution in [0.1, 0.15) is 32.4 Å². The van der Waals surface area contributed by atoms with Crippen molar-refractivity contribution in [3.63, 3.8) is 0 Å². The van der Waals surface area contributed by atoms with Crippen LogP contribution >= 0.6 is 0 Å². The van der Waals surface area contributed by atoms with Gasteiger partial charge in [-0.05, 0) is 39.3 Å². The summed E-state index contributed by atoms with van der Waals surface area (Å²) in [4.78, 5) is 18.0. The van der Waals surface area contributed by atoms with Gasteiger partial charge in [-0.1, -0.05) is 6.07 Å². The van der Waals surface area contributed by atoms with E-state index in [1.54, 1.807) is 0 Å². The molecule has 0 bridgehead atoms. The van der Waals surface area contributed by atoms with Crippen molar-refractivity contribution >= 4 is 11.7 Å². The first kappa shape index (κ1) is 10.1. The molecular formula is C12H16N2O. The Labute approximate surface area is 90.1 Å². The molecule has 0 aliphatic carbocycles. The Morgan fingerprint density at radius 1 is 1.40 bits per heavy atom. The highest BCUT2D eigenvalue weighted by atomic mass is 16.2. The maximum absolute atomic E-state index is 11.8. The summed E-state index contributed by atoms with van der Waals surface area (Å²) < 4.78 is 0. The van der Waals surface area contributed by atoms with E-state index < -0.39 is 0 Å². The van der Waals surface area contributed by atoms with Gasteiger partial charge >= 0.3 is 0 Å². The molecule has 2 heterocycles. The molecule has 0 atom stereocenters. The van der Waals surface area contributed by atoms with Crippen molar-refractivity contribution in [1.82, 2.24) is 4.98 Å². The Hall–Kier alpha value is -1.38. The molecule has 80 valence electrons. The van der Waals surface area contributed by atoms with Gasteiger partial charge in [-0.2, -0.15) is 0 Å². The zero-order valence-electron chi connectivity index (χ0n) is 9.45. The zero-order valence-corrected chi connectivity index (χ0v) is 9.45. The SMILES string of the molecule is Cc1cccc(N2C(=O)CCC2(C)C)n1. The molecule has 0 spiro atoms. The smallest absolute Gasteiger partial charge is 0.228 e. The zero-order chi connectivity index (χ0) is 11.1. The summed E-state index contributed by atoms with van der Waals surface area (Å²) in [5, 5.41) is 0.